The average molecular weight is 157 g/mol. The highest BCUT2D eigenvalue weighted by Crippen LogP contribution is 2.46. The minimum absolute atomic E-state index is 0.0810. The molecule has 1 fully saturated rings. The van der Waals surface area contributed by atoms with Crippen molar-refractivity contribution >= 4 is 11.6 Å². The fraction of sp³-hybridized carbons (Fsp3) is 0.778. The SMILES string of the molecule is CC1(Cl)CC2C=CC1CC2. The van der Waals surface area contributed by atoms with Crippen molar-refractivity contribution < 1.29 is 0 Å². The van der Waals surface area contributed by atoms with E-state index >= 15 is 0 Å². The van der Waals surface area contributed by atoms with Crippen molar-refractivity contribution in [2.75, 3.05) is 0 Å². The Morgan fingerprint density at radius 1 is 1.40 bits per heavy atom. The Morgan fingerprint density at radius 3 is 2.40 bits per heavy atom. The molecule has 0 spiro atoms. The first-order chi connectivity index (χ1) is 4.68. The number of hydrogen-bond donors (Lipinski definition) is 0. The van der Waals surface area contributed by atoms with E-state index in [1.54, 1.807) is 0 Å². The standard InChI is InChI=1S/C9H13Cl/c1-9(10)6-7-2-4-8(9)5-3-7/h2,4,7-8H,3,5-6H2,1H3. The third kappa shape index (κ3) is 0.897. The van der Waals surface area contributed by atoms with Gasteiger partial charge in [0.15, 0.2) is 0 Å². The lowest BCUT2D eigenvalue weighted by Crippen LogP contribution is -2.37. The number of halogens is 1. The molecular formula is C9H13Cl. The highest BCUT2D eigenvalue weighted by Gasteiger charge is 2.39. The summed E-state index contributed by atoms with van der Waals surface area (Å²) in [6, 6.07) is 0. The quantitative estimate of drug-likeness (QED) is 0.374. The number of rotatable bonds is 0. The third-order valence-electron chi connectivity index (χ3n) is 2.90. The molecule has 0 aromatic rings. The van der Waals surface area contributed by atoms with Gasteiger partial charge in [-0.05, 0) is 38.0 Å². The van der Waals surface area contributed by atoms with Gasteiger partial charge in [-0.2, -0.15) is 0 Å². The largest absolute Gasteiger partial charge is 0.119 e. The molecule has 1 saturated carbocycles. The Bertz CT molecular complexity index is 170. The molecule has 3 unspecified atom stereocenters. The van der Waals surface area contributed by atoms with Crippen molar-refractivity contribution in [2.24, 2.45) is 11.8 Å². The van der Waals surface area contributed by atoms with Crippen LogP contribution in [0.4, 0.5) is 0 Å². The molecule has 0 nitrogen and oxygen atoms in total. The Labute approximate surface area is 67.3 Å². The minimum Gasteiger partial charge on any atom is -0.119 e. The van der Waals surface area contributed by atoms with Crippen LogP contribution in [-0.2, 0) is 0 Å². The first-order valence-electron chi connectivity index (χ1n) is 4.06. The van der Waals surface area contributed by atoms with Crippen molar-refractivity contribution in [1.29, 1.82) is 0 Å². The molecule has 0 aromatic carbocycles. The summed E-state index contributed by atoms with van der Waals surface area (Å²) in [5, 5.41) is 0. The molecule has 0 N–H and O–H groups in total. The summed E-state index contributed by atoms with van der Waals surface area (Å²) in [6.07, 6.45) is 8.52. The monoisotopic (exact) mass is 156 g/mol. The lowest BCUT2D eigenvalue weighted by Gasteiger charge is -2.42. The molecule has 0 aromatic heterocycles. The van der Waals surface area contributed by atoms with Gasteiger partial charge in [0.1, 0.15) is 0 Å². The van der Waals surface area contributed by atoms with Gasteiger partial charge in [-0.1, -0.05) is 12.2 Å². The predicted octanol–water partition coefficient (Wildman–Crippen LogP) is 2.97. The summed E-state index contributed by atoms with van der Waals surface area (Å²) in [5.74, 6) is 1.44. The van der Waals surface area contributed by atoms with Crippen LogP contribution in [0, 0.1) is 11.8 Å². The summed E-state index contributed by atoms with van der Waals surface area (Å²) < 4.78 is 0. The number of fused-ring (bicyclic) bond motifs is 2. The second kappa shape index (κ2) is 2.01. The van der Waals surface area contributed by atoms with E-state index in [2.05, 4.69) is 19.1 Å². The zero-order valence-electron chi connectivity index (χ0n) is 6.31. The fourth-order valence-corrected chi connectivity index (χ4v) is 2.59. The van der Waals surface area contributed by atoms with Gasteiger partial charge in [0.2, 0.25) is 0 Å². The second-order valence-electron chi connectivity index (χ2n) is 3.81. The lowest BCUT2D eigenvalue weighted by molar-refractivity contribution is 0.263. The minimum atomic E-state index is 0.0810. The van der Waals surface area contributed by atoms with Crippen molar-refractivity contribution in [2.45, 2.75) is 31.1 Å². The highest BCUT2D eigenvalue weighted by atomic mass is 35.5. The van der Waals surface area contributed by atoms with Crippen LogP contribution in [0.5, 0.6) is 0 Å². The molecule has 0 radical (unpaired) electrons. The molecule has 3 aliphatic rings. The second-order valence-corrected chi connectivity index (χ2v) is 4.67. The fourth-order valence-electron chi connectivity index (χ4n) is 2.21. The molecular weight excluding hydrogens is 144 g/mol. The Morgan fingerprint density at radius 2 is 2.20 bits per heavy atom. The molecule has 3 aliphatic carbocycles. The van der Waals surface area contributed by atoms with Crippen molar-refractivity contribution in [3.63, 3.8) is 0 Å². The van der Waals surface area contributed by atoms with Gasteiger partial charge >= 0.3 is 0 Å². The molecule has 56 valence electrons. The predicted molar refractivity (Wildman–Crippen MR) is 44.2 cm³/mol. The summed E-state index contributed by atoms with van der Waals surface area (Å²) in [7, 11) is 0. The highest BCUT2D eigenvalue weighted by molar-refractivity contribution is 6.24. The smallest absolute Gasteiger partial charge is 0.0486 e. The lowest BCUT2D eigenvalue weighted by atomic mass is 9.69. The van der Waals surface area contributed by atoms with E-state index in [0.29, 0.717) is 5.92 Å². The summed E-state index contributed by atoms with van der Waals surface area (Å²) >= 11 is 6.32. The van der Waals surface area contributed by atoms with E-state index < -0.39 is 0 Å². The number of alkyl halides is 1. The number of hydrogen-bond acceptors (Lipinski definition) is 0. The van der Waals surface area contributed by atoms with E-state index in [1.165, 1.54) is 19.3 Å². The van der Waals surface area contributed by atoms with Gasteiger partial charge in [0.25, 0.3) is 0 Å². The van der Waals surface area contributed by atoms with Crippen LogP contribution < -0.4 is 0 Å². The summed E-state index contributed by atoms with van der Waals surface area (Å²) in [4.78, 5) is 0.0810. The van der Waals surface area contributed by atoms with Crippen LogP contribution in [0.2, 0.25) is 0 Å². The maximum atomic E-state index is 6.32. The van der Waals surface area contributed by atoms with Gasteiger partial charge in [-0.25, -0.2) is 0 Å². The van der Waals surface area contributed by atoms with Crippen LogP contribution in [0.15, 0.2) is 12.2 Å². The normalized spacial score (nSPS) is 51.8. The van der Waals surface area contributed by atoms with Crippen molar-refractivity contribution in [3.05, 3.63) is 12.2 Å². The molecule has 0 saturated heterocycles. The van der Waals surface area contributed by atoms with Gasteiger partial charge < -0.3 is 0 Å². The molecule has 3 atom stereocenters. The molecule has 1 heteroatoms. The van der Waals surface area contributed by atoms with Gasteiger partial charge in [0.05, 0.1) is 0 Å². The zero-order valence-corrected chi connectivity index (χ0v) is 7.06. The maximum absolute atomic E-state index is 6.32. The molecule has 10 heavy (non-hydrogen) atoms. The van der Waals surface area contributed by atoms with Crippen molar-refractivity contribution in [3.8, 4) is 0 Å². The van der Waals surface area contributed by atoms with Crippen LogP contribution in [0.1, 0.15) is 26.2 Å². The molecule has 0 amide bonds. The molecule has 2 bridgehead atoms. The Hall–Kier alpha value is 0.0300. The molecule has 3 rings (SSSR count). The third-order valence-corrected chi connectivity index (χ3v) is 3.33. The Balaban J connectivity index is 2.27. The van der Waals surface area contributed by atoms with Gasteiger partial charge in [-0.3, -0.25) is 0 Å². The molecule has 0 heterocycles. The zero-order chi connectivity index (χ0) is 7.19. The van der Waals surface area contributed by atoms with E-state index in [0.717, 1.165) is 5.92 Å². The van der Waals surface area contributed by atoms with E-state index in [4.69, 9.17) is 11.6 Å². The van der Waals surface area contributed by atoms with Crippen molar-refractivity contribution in [1.82, 2.24) is 0 Å². The van der Waals surface area contributed by atoms with Gasteiger partial charge in [-0.15, -0.1) is 11.6 Å². The molecule has 0 aliphatic heterocycles. The number of allylic oxidation sites excluding steroid dienone is 2. The first kappa shape index (κ1) is 6.72. The van der Waals surface area contributed by atoms with Crippen LogP contribution in [-0.4, -0.2) is 4.87 Å². The van der Waals surface area contributed by atoms with E-state index in [9.17, 15) is 0 Å². The van der Waals surface area contributed by atoms with E-state index in [1.807, 2.05) is 0 Å². The summed E-state index contributed by atoms with van der Waals surface area (Å²) in [5.41, 5.74) is 0. The topological polar surface area (TPSA) is 0 Å². The average Bonchev–Trinajstić information content (AvgIpc) is 1.87. The first-order valence-corrected chi connectivity index (χ1v) is 4.43. The van der Waals surface area contributed by atoms with Gasteiger partial charge in [0, 0.05) is 4.87 Å². The van der Waals surface area contributed by atoms with E-state index in [-0.39, 0.29) is 4.87 Å². The van der Waals surface area contributed by atoms with Crippen LogP contribution >= 0.6 is 11.6 Å². The summed E-state index contributed by atoms with van der Waals surface area (Å²) in [6.45, 7) is 2.18. The van der Waals surface area contributed by atoms with Crippen LogP contribution in [0.3, 0.4) is 0 Å². The van der Waals surface area contributed by atoms with Crippen LogP contribution in [0.25, 0.3) is 0 Å². The maximum Gasteiger partial charge on any atom is 0.0486 e. The Kier molecular flexibility index (Phi) is 1.35.